The fraction of sp³-hybridized carbons (Fsp3) is 0.526. The van der Waals surface area contributed by atoms with Crippen LogP contribution in [0.3, 0.4) is 0 Å². The van der Waals surface area contributed by atoms with Crippen molar-refractivity contribution >= 4 is 29.3 Å². The van der Waals surface area contributed by atoms with E-state index in [9.17, 15) is 4.79 Å². The van der Waals surface area contributed by atoms with Crippen molar-refractivity contribution in [3.63, 3.8) is 0 Å². The SMILES string of the molecule is Nn1c(SCC(=O)N2CC[C@H]3CCCC[C@H]3C2)nnc1-c1ccc(Cl)cc1. The zero-order valence-corrected chi connectivity index (χ0v) is 16.8. The summed E-state index contributed by atoms with van der Waals surface area (Å²) in [4.78, 5) is 14.7. The van der Waals surface area contributed by atoms with Crippen LogP contribution in [0.1, 0.15) is 32.1 Å². The van der Waals surface area contributed by atoms with Crippen molar-refractivity contribution < 1.29 is 4.79 Å². The molecule has 1 amide bonds. The first-order valence-corrected chi connectivity index (χ1v) is 10.8. The van der Waals surface area contributed by atoms with E-state index in [1.807, 2.05) is 17.0 Å². The van der Waals surface area contributed by atoms with E-state index < -0.39 is 0 Å². The van der Waals surface area contributed by atoms with Gasteiger partial charge in [0.05, 0.1) is 5.75 Å². The molecular formula is C19H24ClN5OS. The second-order valence-electron chi connectivity index (χ2n) is 7.40. The van der Waals surface area contributed by atoms with Crippen molar-refractivity contribution in [2.24, 2.45) is 11.8 Å². The number of amides is 1. The van der Waals surface area contributed by atoms with Crippen LogP contribution in [-0.2, 0) is 4.79 Å². The Morgan fingerprint density at radius 3 is 2.67 bits per heavy atom. The normalized spacial score (nSPS) is 22.5. The molecule has 1 aromatic heterocycles. The van der Waals surface area contributed by atoms with Gasteiger partial charge >= 0.3 is 0 Å². The zero-order valence-electron chi connectivity index (χ0n) is 15.2. The van der Waals surface area contributed by atoms with Crippen molar-refractivity contribution in [3.8, 4) is 11.4 Å². The number of benzene rings is 1. The number of nitrogens with two attached hydrogens (primary N) is 1. The third-order valence-corrected chi connectivity index (χ3v) is 6.92. The van der Waals surface area contributed by atoms with Crippen LogP contribution in [-0.4, -0.2) is 44.5 Å². The lowest BCUT2D eigenvalue weighted by atomic mass is 9.75. The van der Waals surface area contributed by atoms with Gasteiger partial charge < -0.3 is 10.7 Å². The Balaban J connectivity index is 1.36. The maximum absolute atomic E-state index is 12.7. The lowest BCUT2D eigenvalue weighted by Gasteiger charge is -2.41. The Labute approximate surface area is 168 Å². The Kier molecular flexibility index (Phi) is 5.59. The summed E-state index contributed by atoms with van der Waals surface area (Å²) in [6, 6.07) is 7.28. The predicted octanol–water partition coefficient (Wildman–Crippen LogP) is 3.44. The largest absolute Gasteiger partial charge is 0.342 e. The molecule has 0 spiro atoms. The molecule has 2 aromatic rings. The molecule has 27 heavy (non-hydrogen) atoms. The second-order valence-corrected chi connectivity index (χ2v) is 8.78. The van der Waals surface area contributed by atoms with E-state index in [2.05, 4.69) is 10.2 Å². The van der Waals surface area contributed by atoms with Gasteiger partial charge in [-0.2, -0.15) is 0 Å². The Hall–Kier alpha value is -1.73. The number of nitrogens with zero attached hydrogens (tertiary/aromatic N) is 4. The summed E-state index contributed by atoms with van der Waals surface area (Å²) in [6.45, 7) is 1.79. The van der Waals surface area contributed by atoms with Gasteiger partial charge in [-0.25, -0.2) is 4.68 Å². The van der Waals surface area contributed by atoms with Gasteiger partial charge in [-0.3, -0.25) is 4.79 Å². The van der Waals surface area contributed by atoms with E-state index >= 15 is 0 Å². The second kappa shape index (κ2) is 8.10. The average Bonchev–Trinajstić information content (AvgIpc) is 3.07. The number of carbonyl (C=O) groups excluding carboxylic acids is 1. The molecule has 1 aliphatic carbocycles. The number of nitrogen functional groups attached to an aromatic ring is 1. The predicted molar refractivity (Wildman–Crippen MR) is 108 cm³/mol. The van der Waals surface area contributed by atoms with Crippen LogP contribution in [0.4, 0.5) is 0 Å². The summed E-state index contributed by atoms with van der Waals surface area (Å²) in [5, 5.41) is 9.50. The highest BCUT2D eigenvalue weighted by molar-refractivity contribution is 7.99. The van der Waals surface area contributed by atoms with Crippen molar-refractivity contribution in [2.75, 3.05) is 24.7 Å². The lowest BCUT2D eigenvalue weighted by Crippen LogP contribution is -2.45. The Bertz CT molecular complexity index is 809. The minimum atomic E-state index is 0.167. The van der Waals surface area contributed by atoms with Crippen molar-refractivity contribution in [2.45, 2.75) is 37.3 Å². The molecule has 8 heteroatoms. The molecule has 1 aliphatic heterocycles. The highest BCUT2D eigenvalue weighted by Gasteiger charge is 2.32. The fourth-order valence-electron chi connectivity index (χ4n) is 4.22. The van der Waals surface area contributed by atoms with Crippen molar-refractivity contribution in [3.05, 3.63) is 29.3 Å². The van der Waals surface area contributed by atoms with E-state index in [-0.39, 0.29) is 5.91 Å². The molecule has 144 valence electrons. The summed E-state index contributed by atoms with van der Waals surface area (Å²) in [7, 11) is 0. The molecule has 2 N–H and O–H groups in total. The number of carbonyl (C=O) groups is 1. The summed E-state index contributed by atoms with van der Waals surface area (Å²) >= 11 is 7.27. The van der Waals surface area contributed by atoms with E-state index in [0.717, 1.165) is 31.0 Å². The Morgan fingerprint density at radius 1 is 1.15 bits per heavy atom. The first-order chi connectivity index (χ1) is 13.1. The molecule has 4 rings (SSSR count). The van der Waals surface area contributed by atoms with E-state index in [0.29, 0.717) is 27.7 Å². The summed E-state index contributed by atoms with van der Waals surface area (Å²) in [6.07, 6.45) is 6.41. The zero-order chi connectivity index (χ0) is 18.8. The number of thioether (sulfide) groups is 1. The molecule has 1 aromatic carbocycles. The number of piperidine rings is 1. The first kappa shape index (κ1) is 18.6. The number of rotatable bonds is 4. The molecule has 2 fully saturated rings. The standard InChI is InChI=1S/C19H24ClN5OS/c20-16-7-5-14(6-8-16)18-22-23-19(25(18)21)27-12-17(26)24-10-9-13-3-1-2-4-15(13)11-24/h5-8,13,15H,1-4,9-12,21H2/t13-,15+/m1/s1. The molecule has 2 aliphatic rings. The smallest absolute Gasteiger partial charge is 0.233 e. The van der Waals surface area contributed by atoms with Gasteiger partial charge in [0.15, 0.2) is 5.82 Å². The molecule has 0 unspecified atom stereocenters. The summed E-state index contributed by atoms with van der Waals surface area (Å²) in [5.41, 5.74) is 0.840. The molecule has 6 nitrogen and oxygen atoms in total. The van der Waals surface area contributed by atoms with Gasteiger partial charge in [-0.05, 0) is 48.9 Å². The quantitative estimate of drug-likeness (QED) is 0.622. The van der Waals surface area contributed by atoms with E-state index in [4.69, 9.17) is 17.4 Å². The third-order valence-electron chi connectivity index (χ3n) is 5.74. The topological polar surface area (TPSA) is 77.0 Å². The third kappa shape index (κ3) is 4.09. The van der Waals surface area contributed by atoms with Gasteiger partial charge in [0, 0.05) is 23.7 Å². The fourth-order valence-corrected chi connectivity index (χ4v) is 5.10. The van der Waals surface area contributed by atoms with Crippen LogP contribution in [0.5, 0.6) is 0 Å². The maximum Gasteiger partial charge on any atom is 0.233 e. The van der Waals surface area contributed by atoms with Crippen LogP contribution in [0.15, 0.2) is 29.4 Å². The van der Waals surface area contributed by atoms with Crippen LogP contribution in [0.2, 0.25) is 5.02 Å². The number of aromatic nitrogens is 3. The number of fused-ring (bicyclic) bond motifs is 1. The number of likely N-dealkylation sites (tertiary alicyclic amines) is 1. The van der Waals surface area contributed by atoms with Crippen LogP contribution >= 0.6 is 23.4 Å². The van der Waals surface area contributed by atoms with Crippen molar-refractivity contribution in [1.29, 1.82) is 0 Å². The van der Waals surface area contributed by atoms with Gasteiger partial charge in [0.2, 0.25) is 11.1 Å². The summed E-state index contributed by atoms with van der Waals surface area (Å²) in [5.74, 6) is 8.72. The van der Waals surface area contributed by atoms with E-state index in [1.165, 1.54) is 42.1 Å². The first-order valence-electron chi connectivity index (χ1n) is 9.49. The molecule has 0 radical (unpaired) electrons. The average molecular weight is 406 g/mol. The Morgan fingerprint density at radius 2 is 1.89 bits per heavy atom. The van der Waals surface area contributed by atoms with E-state index in [1.54, 1.807) is 12.1 Å². The van der Waals surface area contributed by atoms with Gasteiger partial charge in [0.25, 0.3) is 0 Å². The molecule has 0 bridgehead atoms. The molecule has 2 atom stereocenters. The van der Waals surface area contributed by atoms with Gasteiger partial charge in [-0.1, -0.05) is 42.6 Å². The monoisotopic (exact) mass is 405 g/mol. The number of hydrogen-bond acceptors (Lipinski definition) is 5. The molecule has 1 saturated heterocycles. The maximum atomic E-state index is 12.7. The van der Waals surface area contributed by atoms with Crippen LogP contribution < -0.4 is 5.84 Å². The molecular weight excluding hydrogens is 382 g/mol. The molecule has 2 heterocycles. The number of hydrogen-bond donors (Lipinski definition) is 1. The summed E-state index contributed by atoms with van der Waals surface area (Å²) < 4.78 is 1.44. The minimum Gasteiger partial charge on any atom is -0.342 e. The van der Waals surface area contributed by atoms with Crippen LogP contribution in [0, 0.1) is 11.8 Å². The van der Waals surface area contributed by atoms with Gasteiger partial charge in [0.1, 0.15) is 0 Å². The van der Waals surface area contributed by atoms with Gasteiger partial charge in [-0.15, -0.1) is 10.2 Å². The molecule has 1 saturated carbocycles. The van der Waals surface area contributed by atoms with Crippen molar-refractivity contribution in [1.82, 2.24) is 19.8 Å². The number of halogens is 1. The lowest BCUT2D eigenvalue weighted by molar-refractivity contribution is -0.131. The van der Waals surface area contributed by atoms with Crippen LogP contribution in [0.25, 0.3) is 11.4 Å². The highest BCUT2D eigenvalue weighted by Crippen LogP contribution is 2.36. The highest BCUT2D eigenvalue weighted by atomic mass is 35.5. The minimum absolute atomic E-state index is 0.167.